The molecule has 0 amide bonds. The topological polar surface area (TPSA) is 67.1 Å². The minimum atomic E-state index is -4.77. The van der Waals surface area contributed by atoms with Gasteiger partial charge in [-0.1, -0.05) is 11.6 Å². The van der Waals surface area contributed by atoms with Crippen LogP contribution in [0.15, 0.2) is 48.9 Å². The molecule has 0 radical (unpaired) electrons. The predicted octanol–water partition coefficient (Wildman–Crippen LogP) is 4.62. The van der Waals surface area contributed by atoms with Crippen molar-refractivity contribution in [1.82, 2.24) is 15.3 Å². The van der Waals surface area contributed by atoms with Crippen LogP contribution in [0, 0.1) is 5.82 Å². The van der Waals surface area contributed by atoms with E-state index < -0.39 is 23.5 Å². The van der Waals surface area contributed by atoms with Crippen LogP contribution in [0.25, 0.3) is 11.1 Å². The molecule has 168 valence electrons. The molecule has 4 rings (SSSR count). The van der Waals surface area contributed by atoms with Gasteiger partial charge in [-0.25, -0.2) is 9.37 Å². The molecule has 2 aromatic heterocycles. The first-order valence-corrected chi connectivity index (χ1v) is 10.3. The molecule has 1 atom stereocenters. The Morgan fingerprint density at radius 1 is 1.00 bits per heavy atom. The monoisotopic (exact) mass is 465 g/mol. The van der Waals surface area contributed by atoms with Gasteiger partial charge in [0.2, 0.25) is 0 Å². The third-order valence-electron chi connectivity index (χ3n) is 5.40. The normalized spacial score (nSPS) is 15.6. The molecule has 10 heteroatoms. The fourth-order valence-corrected chi connectivity index (χ4v) is 4.05. The number of benzene rings is 1. The molecule has 1 aliphatic rings. The van der Waals surface area contributed by atoms with E-state index in [0.717, 1.165) is 50.1 Å². The zero-order valence-corrected chi connectivity index (χ0v) is 17.6. The lowest BCUT2D eigenvalue weighted by Crippen LogP contribution is -2.43. The molecule has 0 bridgehead atoms. The van der Waals surface area contributed by atoms with Crippen LogP contribution in [0.4, 0.5) is 29.1 Å². The maximum Gasteiger partial charge on any atom is 0.399 e. The molecule has 1 aliphatic heterocycles. The van der Waals surface area contributed by atoms with Crippen molar-refractivity contribution in [2.45, 2.75) is 12.1 Å². The lowest BCUT2D eigenvalue weighted by molar-refractivity contribution is -0.141. The van der Waals surface area contributed by atoms with Gasteiger partial charge in [-0.15, -0.1) is 0 Å². The molecule has 1 saturated heterocycles. The molecule has 0 aliphatic carbocycles. The number of nitrogens with one attached hydrogen (secondary N) is 1. The Kier molecular flexibility index (Phi) is 6.21. The molecule has 3 N–H and O–H groups in total. The second-order valence-electron chi connectivity index (χ2n) is 7.51. The predicted molar refractivity (Wildman–Crippen MR) is 116 cm³/mol. The molecule has 0 saturated carbocycles. The van der Waals surface area contributed by atoms with Gasteiger partial charge in [0.25, 0.3) is 0 Å². The number of halogens is 5. The minimum Gasteiger partial charge on any atom is -0.383 e. The van der Waals surface area contributed by atoms with E-state index in [2.05, 4.69) is 20.2 Å². The third kappa shape index (κ3) is 4.63. The van der Waals surface area contributed by atoms with E-state index in [4.69, 9.17) is 17.3 Å². The summed E-state index contributed by atoms with van der Waals surface area (Å²) in [6.45, 7) is 3.26. The van der Waals surface area contributed by atoms with Crippen LogP contribution in [0.5, 0.6) is 0 Å². The Morgan fingerprint density at radius 3 is 2.44 bits per heavy atom. The van der Waals surface area contributed by atoms with Crippen molar-refractivity contribution in [1.29, 1.82) is 0 Å². The Hall–Kier alpha value is -2.91. The number of hydrogen-bond acceptors (Lipinski definition) is 5. The maximum atomic E-state index is 14.1. The zero-order chi connectivity index (χ0) is 22.9. The van der Waals surface area contributed by atoms with Crippen LogP contribution in [0.1, 0.15) is 17.0 Å². The van der Waals surface area contributed by atoms with E-state index in [0.29, 0.717) is 11.1 Å². The van der Waals surface area contributed by atoms with Crippen LogP contribution < -0.4 is 16.0 Å². The first-order chi connectivity index (χ1) is 15.2. The summed E-state index contributed by atoms with van der Waals surface area (Å²) in [4.78, 5) is 10.4. The van der Waals surface area contributed by atoms with Crippen LogP contribution in [-0.4, -0.2) is 42.3 Å². The van der Waals surface area contributed by atoms with E-state index in [1.54, 1.807) is 12.4 Å². The highest BCUT2D eigenvalue weighted by Gasteiger charge is 2.44. The van der Waals surface area contributed by atoms with Crippen molar-refractivity contribution in [3.05, 3.63) is 70.9 Å². The second kappa shape index (κ2) is 8.91. The van der Waals surface area contributed by atoms with Gasteiger partial charge in [-0.05, 0) is 35.9 Å². The van der Waals surface area contributed by atoms with Crippen LogP contribution in [0.3, 0.4) is 0 Å². The standard InChI is InChI=1S/C22H20ClF4N5/c23-19-2-1-15(24)9-17(19)20(22(25,26)27)18-8-14(11-31-21(18)28)13-7-16(12-30-10-13)32-5-3-29-4-6-32/h1-2,7-12,20,29H,3-6H2,(H2,28,31). The van der Waals surface area contributed by atoms with E-state index in [1.165, 1.54) is 12.3 Å². The van der Waals surface area contributed by atoms with Gasteiger partial charge in [0.05, 0.1) is 11.9 Å². The van der Waals surface area contributed by atoms with Gasteiger partial charge < -0.3 is 16.0 Å². The third-order valence-corrected chi connectivity index (χ3v) is 5.74. The van der Waals surface area contributed by atoms with Gasteiger partial charge in [-0.2, -0.15) is 13.2 Å². The Morgan fingerprint density at radius 2 is 1.72 bits per heavy atom. The molecule has 5 nitrogen and oxygen atoms in total. The SMILES string of the molecule is Nc1ncc(-c2cncc(N3CCNCC3)c2)cc1C(c1cc(F)ccc1Cl)C(F)(F)F. The van der Waals surface area contributed by atoms with Crippen molar-refractivity contribution in [3.63, 3.8) is 0 Å². The van der Waals surface area contributed by atoms with Crippen molar-refractivity contribution >= 4 is 23.1 Å². The lowest BCUT2D eigenvalue weighted by atomic mass is 9.89. The summed E-state index contributed by atoms with van der Waals surface area (Å²) in [6.07, 6.45) is -0.100. The van der Waals surface area contributed by atoms with Gasteiger partial charge in [0, 0.05) is 60.3 Å². The largest absolute Gasteiger partial charge is 0.399 e. The molecule has 1 aromatic carbocycles. The van der Waals surface area contributed by atoms with E-state index in [9.17, 15) is 17.6 Å². The molecule has 3 aromatic rings. The Labute approximate surface area is 187 Å². The van der Waals surface area contributed by atoms with Crippen LogP contribution >= 0.6 is 11.6 Å². The summed E-state index contributed by atoms with van der Waals surface area (Å²) < 4.78 is 56.2. The minimum absolute atomic E-state index is 0.207. The average Bonchev–Trinajstić information content (AvgIpc) is 2.77. The summed E-state index contributed by atoms with van der Waals surface area (Å²) in [7, 11) is 0. The summed E-state index contributed by atoms with van der Waals surface area (Å²) >= 11 is 6.01. The molecule has 0 spiro atoms. The number of piperazine rings is 1. The van der Waals surface area contributed by atoms with Crippen molar-refractivity contribution < 1.29 is 17.6 Å². The Bertz CT molecular complexity index is 1120. The fraction of sp³-hybridized carbons (Fsp3) is 0.273. The van der Waals surface area contributed by atoms with Gasteiger partial charge in [0.1, 0.15) is 17.6 Å². The molecule has 1 unspecified atom stereocenters. The number of nitrogens with zero attached hydrogens (tertiary/aromatic N) is 3. The van der Waals surface area contributed by atoms with Crippen LogP contribution in [-0.2, 0) is 0 Å². The van der Waals surface area contributed by atoms with E-state index in [1.807, 2.05) is 6.07 Å². The first kappa shape index (κ1) is 22.3. The summed E-state index contributed by atoms with van der Waals surface area (Å²) in [6, 6.07) is 6.05. The van der Waals surface area contributed by atoms with E-state index >= 15 is 0 Å². The van der Waals surface area contributed by atoms with Gasteiger partial charge in [0.15, 0.2) is 0 Å². The highest BCUT2D eigenvalue weighted by atomic mass is 35.5. The number of nitrogens with two attached hydrogens (primary N) is 1. The van der Waals surface area contributed by atoms with Crippen molar-refractivity contribution in [2.24, 2.45) is 0 Å². The first-order valence-electron chi connectivity index (χ1n) is 9.92. The number of alkyl halides is 3. The number of anilines is 2. The number of pyridine rings is 2. The zero-order valence-electron chi connectivity index (χ0n) is 16.8. The molecule has 32 heavy (non-hydrogen) atoms. The second-order valence-corrected chi connectivity index (χ2v) is 7.91. The molecule has 1 fully saturated rings. The van der Waals surface area contributed by atoms with Gasteiger partial charge >= 0.3 is 6.18 Å². The number of rotatable bonds is 4. The highest BCUT2D eigenvalue weighted by molar-refractivity contribution is 6.31. The van der Waals surface area contributed by atoms with E-state index in [-0.39, 0.29) is 16.4 Å². The number of nitrogen functional groups attached to an aromatic ring is 1. The maximum absolute atomic E-state index is 14.1. The lowest BCUT2D eigenvalue weighted by Gasteiger charge is -2.29. The fourth-order valence-electron chi connectivity index (χ4n) is 3.82. The van der Waals surface area contributed by atoms with Crippen molar-refractivity contribution in [2.75, 3.05) is 36.8 Å². The highest BCUT2D eigenvalue weighted by Crippen LogP contribution is 2.45. The molecular formula is C22H20ClF4N5. The number of aromatic nitrogens is 2. The Balaban J connectivity index is 1.79. The summed E-state index contributed by atoms with van der Waals surface area (Å²) in [5.74, 6) is -3.36. The quantitative estimate of drug-likeness (QED) is 0.550. The van der Waals surface area contributed by atoms with Gasteiger partial charge in [-0.3, -0.25) is 4.98 Å². The van der Waals surface area contributed by atoms with Crippen molar-refractivity contribution in [3.8, 4) is 11.1 Å². The molecule has 3 heterocycles. The average molecular weight is 466 g/mol. The summed E-state index contributed by atoms with van der Waals surface area (Å²) in [5, 5.41) is 3.06. The molecular weight excluding hydrogens is 446 g/mol. The van der Waals surface area contributed by atoms with Crippen LogP contribution in [0.2, 0.25) is 5.02 Å². The number of hydrogen-bond donors (Lipinski definition) is 2. The smallest absolute Gasteiger partial charge is 0.383 e. The summed E-state index contributed by atoms with van der Waals surface area (Å²) in [5.41, 5.74) is 7.02.